The first-order chi connectivity index (χ1) is 9.59. The summed E-state index contributed by atoms with van der Waals surface area (Å²) in [6.45, 7) is 10.0. The Morgan fingerprint density at radius 1 is 0.667 bits per heavy atom. The SMILES string of the molecule is C[C@H]1CC[C@H](C)P1c1ccccc1P1[C@@H](C)CC[C@@H]1C.[Rh]. The third kappa shape index (κ3) is 3.47. The third-order valence-electron chi connectivity index (χ3n) is 5.34. The minimum atomic E-state index is 0. The molecule has 0 aliphatic carbocycles. The molecule has 2 heterocycles. The van der Waals surface area contributed by atoms with E-state index in [1.54, 1.807) is 10.6 Å². The summed E-state index contributed by atoms with van der Waals surface area (Å²) in [5, 5.41) is 3.57. The van der Waals surface area contributed by atoms with Gasteiger partial charge in [0.25, 0.3) is 0 Å². The second kappa shape index (κ2) is 7.52. The number of hydrogen-bond acceptors (Lipinski definition) is 0. The number of hydrogen-bond donors (Lipinski definition) is 0. The summed E-state index contributed by atoms with van der Waals surface area (Å²) in [4.78, 5) is 0. The molecule has 0 saturated carbocycles. The first-order valence-corrected chi connectivity index (χ1v) is 11.2. The van der Waals surface area contributed by atoms with Gasteiger partial charge in [-0.3, -0.25) is 0 Å². The smallest absolute Gasteiger partial charge is 0 e. The molecule has 3 heteroatoms. The molecule has 2 aliphatic rings. The zero-order chi connectivity index (χ0) is 14.3. The molecule has 2 aliphatic heterocycles. The van der Waals surface area contributed by atoms with Crippen molar-refractivity contribution < 1.29 is 19.5 Å². The first kappa shape index (κ1) is 18.0. The van der Waals surface area contributed by atoms with E-state index >= 15 is 0 Å². The first-order valence-electron chi connectivity index (χ1n) is 8.25. The van der Waals surface area contributed by atoms with Gasteiger partial charge in [0.2, 0.25) is 0 Å². The van der Waals surface area contributed by atoms with Crippen LogP contribution in [0.3, 0.4) is 0 Å². The average molecular weight is 409 g/mol. The molecule has 4 atom stereocenters. The van der Waals surface area contributed by atoms with Crippen LogP contribution in [0.1, 0.15) is 53.4 Å². The van der Waals surface area contributed by atoms with Gasteiger partial charge in [-0.05, 0) is 58.9 Å². The van der Waals surface area contributed by atoms with E-state index in [-0.39, 0.29) is 35.3 Å². The van der Waals surface area contributed by atoms with Crippen molar-refractivity contribution in [2.45, 2.75) is 76.0 Å². The fourth-order valence-corrected chi connectivity index (χ4v) is 11.5. The minimum absolute atomic E-state index is 0. The van der Waals surface area contributed by atoms with E-state index in [9.17, 15) is 0 Å². The van der Waals surface area contributed by atoms with Crippen LogP contribution in [-0.4, -0.2) is 22.6 Å². The van der Waals surface area contributed by atoms with Crippen molar-refractivity contribution in [2.75, 3.05) is 0 Å². The van der Waals surface area contributed by atoms with Crippen LogP contribution in [-0.2, 0) is 19.5 Å². The summed E-state index contributed by atoms with van der Waals surface area (Å²) in [5.74, 6) is 0. The van der Waals surface area contributed by atoms with Gasteiger partial charge in [0.15, 0.2) is 0 Å². The molecule has 1 aromatic carbocycles. The zero-order valence-corrected chi connectivity index (χ0v) is 17.1. The molecule has 0 bridgehead atoms. The van der Waals surface area contributed by atoms with Gasteiger partial charge >= 0.3 is 0 Å². The Bertz CT molecular complexity index is 413. The van der Waals surface area contributed by atoms with Crippen LogP contribution in [0.15, 0.2) is 24.3 Å². The monoisotopic (exact) mass is 409 g/mol. The fraction of sp³-hybridized carbons (Fsp3) is 0.667. The molecular weight excluding hydrogens is 381 g/mol. The second-order valence-electron chi connectivity index (χ2n) is 6.85. The van der Waals surface area contributed by atoms with Crippen molar-refractivity contribution in [2.24, 2.45) is 0 Å². The van der Waals surface area contributed by atoms with E-state index in [4.69, 9.17) is 0 Å². The van der Waals surface area contributed by atoms with Crippen LogP contribution in [0.2, 0.25) is 0 Å². The quantitative estimate of drug-likeness (QED) is 0.474. The molecule has 3 rings (SSSR count). The molecule has 2 saturated heterocycles. The predicted molar refractivity (Wildman–Crippen MR) is 95.9 cm³/mol. The topological polar surface area (TPSA) is 0 Å². The summed E-state index contributed by atoms with van der Waals surface area (Å²) in [7, 11) is 0.157. The minimum Gasteiger partial charge on any atom is -0.0688 e. The van der Waals surface area contributed by atoms with Crippen LogP contribution in [0.4, 0.5) is 0 Å². The maximum atomic E-state index is 2.50. The van der Waals surface area contributed by atoms with Crippen molar-refractivity contribution in [3.05, 3.63) is 24.3 Å². The van der Waals surface area contributed by atoms with Gasteiger partial charge in [-0.15, -0.1) is 0 Å². The molecule has 1 aromatic rings. The van der Waals surface area contributed by atoms with Crippen LogP contribution >= 0.6 is 15.8 Å². The van der Waals surface area contributed by atoms with E-state index in [1.807, 2.05) is 0 Å². The third-order valence-corrected chi connectivity index (χ3v) is 12.2. The van der Waals surface area contributed by atoms with Crippen molar-refractivity contribution in [1.29, 1.82) is 0 Å². The molecule has 0 N–H and O–H groups in total. The van der Waals surface area contributed by atoms with Crippen molar-refractivity contribution in [3.8, 4) is 0 Å². The van der Waals surface area contributed by atoms with Crippen molar-refractivity contribution in [1.82, 2.24) is 0 Å². The molecule has 21 heavy (non-hydrogen) atoms. The van der Waals surface area contributed by atoms with E-state index in [2.05, 4.69) is 52.0 Å². The second-order valence-corrected chi connectivity index (χ2v) is 13.0. The maximum absolute atomic E-state index is 2.50. The molecule has 1 radical (unpaired) electrons. The number of benzene rings is 1. The van der Waals surface area contributed by atoms with Crippen molar-refractivity contribution in [3.63, 3.8) is 0 Å². The summed E-state index contributed by atoms with van der Waals surface area (Å²) < 4.78 is 0. The van der Waals surface area contributed by atoms with E-state index in [0.717, 1.165) is 22.6 Å². The molecule has 119 valence electrons. The predicted octanol–water partition coefficient (Wildman–Crippen LogP) is 5.04. The molecule has 2 fully saturated rings. The largest absolute Gasteiger partial charge is 0.0688 e. The molecule has 0 amide bonds. The van der Waals surface area contributed by atoms with Gasteiger partial charge in [-0.25, -0.2) is 0 Å². The van der Waals surface area contributed by atoms with Gasteiger partial charge in [0, 0.05) is 19.5 Å². The maximum Gasteiger partial charge on any atom is 0 e. The zero-order valence-electron chi connectivity index (χ0n) is 13.7. The normalized spacial score (nSPS) is 34.1. The molecule has 0 aromatic heterocycles. The van der Waals surface area contributed by atoms with Crippen LogP contribution in [0.25, 0.3) is 0 Å². The van der Waals surface area contributed by atoms with Gasteiger partial charge in [0.05, 0.1) is 0 Å². The van der Waals surface area contributed by atoms with E-state index in [0.29, 0.717) is 0 Å². The standard InChI is InChI=1S/C18H28P2.Rh/c1-13-9-10-14(2)19(13)17-7-5-6-8-18(17)20-15(3)11-12-16(20)4;/h5-8,13-16H,9-12H2,1-4H3;/t13-,14-,15-,16-;/m0./s1. The molecule has 0 unspecified atom stereocenters. The summed E-state index contributed by atoms with van der Waals surface area (Å²) >= 11 is 0. The Morgan fingerprint density at radius 3 is 1.24 bits per heavy atom. The average Bonchev–Trinajstić information content (AvgIpc) is 2.93. The van der Waals surface area contributed by atoms with Gasteiger partial charge < -0.3 is 0 Å². The number of rotatable bonds is 2. The fourth-order valence-electron chi connectivity index (χ4n) is 4.24. The van der Waals surface area contributed by atoms with E-state index < -0.39 is 0 Å². The Morgan fingerprint density at radius 2 is 0.952 bits per heavy atom. The summed E-state index contributed by atoms with van der Waals surface area (Å²) in [5.41, 5.74) is 3.74. The van der Waals surface area contributed by atoms with Gasteiger partial charge in [-0.2, -0.15) is 0 Å². The van der Waals surface area contributed by atoms with Crippen LogP contribution < -0.4 is 10.6 Å². The van der Waals surface area contributed by atoms with Crippen molar-refractivity contribution >= 4 is 26.5 Å². The Labute approximate surface area is 146 Å². The van der Waals surface area contributed by atoms with Crippen LogP contribution in [0.5, 0.6) is 0 Å². The molecule has 0 spiro atoms. The van der Waals surface area contributed by atoms with E-state index in [1.165, 1.54) is 25.7 Å². The molecule has 0 nitrogen and oxygen atoms in total. The van der Waals surface area contributed by atoms with Gasteiger partial charge in [0.1, 0.15) is 0 Å². The Balaban J connectivity index is 0.00000161. The summed E-state index contributed by atoms with van der Waals surface area (Å²) in [6, 6.07) is 9.55. The Hall–Kier alpha value is 0.703. The van der Waals surface area contributed by atoms with Crippen LogP contribution in [0, 0.1) is 0 Å². The molecular formula is C18H28P2Rh. The summed E-state index contributed by atoms with van der Waals surface area (Å²) in [6.07, 6.45) is 5.79. The Kier molecular flexibility index (Phi) is 6.46. The van der Waals surface area contributed by atoms with Gasteiger partial charge in [-0.1, -0.05) is 67.8 Å².